The van der Waals surface area contributed by atoms with E-state index in [9.17, 15) is 4.79 Å². The monoisotopic (exact) mass is 391 g/mol. The lowest BCUT2D eigenvalue weighted by atomic mass is 10.2. The molecule has 140 valence electrons. The normalized spacial score (nSPS) is 15.1. The molecule has 0 aliphatic carbocycles. The predicted molar refractivity (Wildman–Crippen MR) is 112 cm³/mol. The lowest BCUT2D eigenvalue weighted by Crippen LogP contribution is -2.27. The Morgan fingerprint density at radius 3 is 2.64 bits per heavy atom. The Morgan fingerprint density at radius 1 is 1.11 bits per heavy atom. The fraction of sp³-hybridized carbons (Fsp3) is 0.100. The molecule has 1 aromatic heterocycles. The first-order valence-corrected chi connectivity index (χ1v) is 9.43. The molecule has 2 heterocycles. The quantitative estimate of drug-likeness (QED) is 0.667. The molecule has 2 aromatic carbocycles. The van der Waals surface area contributed by atoms with Crippen LogP contribution in [0.1, 0.15) is 6.92 Å². The number of carbonyl (C=O) groups is 1. The van der Waals surface area contributed by atoms with Gasteiger partial charge in [0.25, 0.3) is 0 Å². The van der Waals surface area contributed by atoms with Crippen LogP contribution in [-0.2, 0) is 4.79 Å². The third-order valence-electron chi connectivity index (χ3n) is 4.13. The summed E-state index contributed by atoms with van der Waals surface area (Å²) in [5.41, 5.74) is 6.10. The van der Waals surface area contributed by atoms with E-state index in [2.05, 4.69) is 20.6 Å². The number of hydrogen-bond acceptors (Lipinski definition) is 7. The Morgan fingerprint density at radius 2 is 1.86 bits per heavy atom. The van der Waals surface area contributed by atoms with Gasteiger partial charge >= 0.3 is 5.91 Å². The number of benzene rings is 2. The maximum Gasteiger partial charge on any atom is 0.303 e. The number of methoxy groups -OCH3 is 1. The minimum atomic E-state index is -0.325. The van der Waals surface area contributed by atoms with Crippen molar-refractivity contribution in [3.8, 4) is 17.0 Å². The molecule has 4 rings (SSSR count). The summed E-state index contributed by atoms with van der Waals surface area (Å²) >= 11 is 1.36. The van der Waals surface area contributed by atoms with Crippen LogP contribution in [-0.4, -0.2) is 29.4 Å². The summed E-state index contributed by atoms with van der Waals surface area (Å²) in [5.74, 6) is 0.310. The van der Waals surface area contributed by atoms with Crippen molar-refractivity contribution in [2.45, 2.75) is 6.92 Å². The summed E-state index contributed by atoms with van der Waals surface area (Å²) in [4.78, 5) is 17.4. The van der Waals surface area contributed by atoms with Crippen LogP contribution >= 0.6 is 11.3 Å². The lowest BCUT2D eigenvalue weighted by Gasteiger charge is -2.08. The van der Waals surface area contributed by atoms with Crippen LogP contribution < -0.4 is 15.2 Å². The maximum atomic E-state index is 12.8. The standard InChI is InChI=1S/C20H17N5O2S/c1-13-18(23-22-15-10-6-7-11-17(15)27-2)19(26)25(24-13)20-21-16(12-28-20)14-8-4-3-5-9-14/h3-12,22H,1-2H3/b23-18+. The molecule has 0 radical (unpaired) electrons. The number of para-hydroxylation sites is 2. The summed E-state index contributed by atoms with van der Waals surface area (Å²) in [5, 5.41) is 12.3. The van der Waals surface area contributed by atoms with E-state index in [1.165, 1.54) is 16.3 Å². The molecule has 3 aromatic rings. The molecule has 8 heteroatoms. The molecule has 1 N–H and O–H groups in total. The molecule has 7 nitrogen and oxygen atoms in total. The highest BCUT2D eigenvalue weighted by molar-refractivity contribution is 7.14. The van der Waals surface area contributed by atoms with Gasteiger partial charge in [0.15, 0.2) is 5.71 Å². The highest BCUT2D eigenvalue weighted by atomic mass is 32.1. The highest BCUT2D eigenvalue weighted by Crippen LogP contribution is 2.29. The van der Waals surface area contributed by atoms with Crippen molar-refractivity contribution in [1.82, 2.24) is 4.98 Å². The number of anilines is 2. The third-order valence-corrected chi connectivity index (χ3v) is 4.94. The van der Waals surface area contributed by atoms with Gasteiger partial charge in [-0.25, -0.2) is 4.98 Å². The number of hydrogen-bond donors (Lipinski definition) is 1. The smallest absolute Gasteiger partial charge is 0.303 e. The van der Waals surface area contributed by atoms with Crippen LogP contribution in [0.3, 0.4) is 0 Å². The Kier molecular flexibility index (Phi) is 4.86. The second kappa shape index (κ2) is 7.61. The van der Waals surface area contributed by atoms with Gasteiger partial charge in [-0.3, -0.25) is 10.2 Å². The Bertz CT molecular complexity index is 1070. The Balaban J connectivity index is 1.56. The predicted octanol–water partition coefficient (Wildman–Crippen LogP) is 4.01. The second-order valence-electron chi connectivity index (χ2n) is 5.96. The van der Waals surface area contributed by atoms with Crippen molar-refractivity contribution in [2.75, 3.05) is 17.5 Å². The van der Waals surface area contributed by atoms with Crippen molar-refractivity contribution in [2.24, 2.45) is 10.2 Å². The molecular formula is C20H17N5O2S. The minimum absolute atomic E-state index is 0.238. The molecule has 1 aliphatic heterocycles. The third kappa shape index (κ3) is 3.37. The van der Waals surface area contributed by atoms with Gasteiger partial charge in [-0.1, -0.05) is 42.5 Å². The number of amides is 1. The van der Waals surface area contributed by atoms with Gasteiger partial charge in [0.2, 0.25) is 5.13 Å². The SMILES string of the molecule is COc1ccccc1N/N=C1/C(=O)N(c2nc(-c3ccccc3)cs2)N=C1C. The Hall–Kier alpha value is -3.52. The zero-order valence-electron chi connectivity index (χ0n) is 15.3. The molecule has 1 amide bonds. The number of nitrogens with zero attached hydrogens (tertiary/aromatic N) is 4. The van der Waals surface area contributed by atoms with Gasteiger partial charge < -0.3 is 4.74 Å². The molecule has 1 aliphatic rings. The number of aromatic nitrogens is 1. The number of rotatable bonds is 5. The van der Waals surface area contributed by atoms with E-state index in [0.717, 1.165) is 11.3 Å². The molecule has 0 fully saturated rings. The molecule has 0 spiro atoms. The summed E-state index contributed by atoms with van der Waals surface area (Å²) in [6, 6.07) is 17.2. The average molecular weight is 391 g/mol. The van der Waals surface area contributed by atoms with E-state index < -0.39 is 0 Å². The van der Waals surface area contributed by atoms with Crippen LogP contribution in [0.4, 0.5) is 10.8 Å². The van der Waals surface area contributed by atoms with Crippen LogP contribution in [0.15, 0.2) is 70.2 Å². The first-order chi connectivity index (χ1) is 13.7. The fourth-order valence-corrected chi connectivity index (χ4v) is 3.49. The Labute approximate surface area is 166 Å². The zero-order chi connectivity index (χ0) is 19.5. The topological polar surface area (TPSA) is 79.2 Å². The lowest BCUT2D eigenvalue weighted by molar-refractivity contribution is -0.112. The summed E-state index contributed by atoms with van der Waals surface area (Å²) in [6.07, 6.45) is 0. The zero-order valence-corrected chi connectivity index (χ0v) is 16.1. The second-order valence-corrected chi connectivity index (χ2v) is 6.79. The van der Waals surface area contributed by atoms with Gasteiger partial charge in [-0.05, 0) is 19.1 Å². The van der Waals surface area contributed by atoms with Gasteiger partial charge in [0, 0.05) is 10.9 Å². The summed E-state index contributed by atoms with van der Waals surface area (Å²) in [6.45, 7) is 1.74. The van der Waals surface area contributed by atoms with Crippen LogP contribution in [0.25, 0.3) is 11.3 Å². The first kappa shape index (κ1) is 17.9. The van der Waals surface area contributed by atoms with Crippen molar-refractivity contribution in [1.29, 1.82) is 0 Å². The van der Waals surface area contributed by atoms with Gasteiger partial charge in [0.1, 0.15) is 5.75 Å². The number of carbonyl (C=O) groups excluding carboxylic acids is 1. The van der Waals surface area contributed by atoms with Gasteiger partial charge in [0.05, 0.1) is 24.2 Å². The largest absolute Gasteiger partial charge is 0.495 e. The van der Waals surface area contributed by atoms with Crippen molar-refractivity contribution in [3.05, 3.63) is 60.0 Å². The van der Waals surface area contributed by atoms with E-state index in [1.807, 2.05) is 60.0 Å². The molecule has 0 saturated carbocycles. The average Bonchev–Trinajstić information content (AvgIpc) is 3.32. The summed E-state index contributed by atoms with van der Waals surface area (Å²) < 4.78 is 5.28. The van der Waals surface area contributed by atoms with E-state index in [-0.39, 0.29) is 11.6 Å². The minimum Gasteiger partial charge on any atom is -0.495 e. The van der Waals surface area contributed by atoms with E-state index in [4.69, 9.17) is 4.74 Å². The number of thiazole rings is 1. The van der Waals surface area contributed by atoms with E-state index >= 15 is 0 Å². The van der Waals surface area contributed by atoms with Crippen molar-refractivity contribution < 1.29 is 9.53 Å². The number of nitrogens with one attached hydrogen (secondary N) is 1. The van der Waals surface area contributed by atoms with Gasteiger partial charge in [-0.2, -0.15) is 15.2 Å². The van der Waals surface area contributed by atoms with Crippen molar-refractivity contribution >= 4 is 39.5 Å². The molecular weight excluding hydrogens is 374 g/mol. The molecule has 0 unspecified atom stereocenters. The summed E-state index contributed by atoms with van der Waals surface area (Å²) in [7, 11) is 1.58. The van der Waals surface area contributed by atoms with Crippen LogP contribution in [0, 0.1) is 0 Å². The van der Waals surface area contributed by atoms with E-state index in [0.29, 0.717) is 22.3 Å². The molecule has 0 bridgehead atoms. The number of ether oxygens (including phenoxy) is 1. The van der Waals surface area contributed by atoms with Crippen LogP contribution in [0.5, 0.6) is 5.75 Å². The van der Waals surface area contributed by atoms with Gasteiger partial charge in [-0.15, -0.1) is 11.3 Å². The highest BCUT2D eigenvalue weighted by Gasteiger charge is 2.32. The molecule has 0 atom stereocenters. The van der Waals surface area contributed by atoms with Crippen LogP contribution in [0.2, 0.25) is 0 Å². The number of hydrazone groups is 2. The molecule has 0 saturated heterocycles. The molecule has 28 heavy (non-hydrogen) atoms. The van der Waals surface area contributed by atoms with Crippen molar-refractivity contribution in [3.63, 3.8) is 0 Å². The van der Waals surface area contributed by atoms with E-state index in [1.54, 1.807) is 14.0 Å². The maximum absolute atomic E-state index is 12.8. The fourth-order valence-electron chi connectivity index (χ4n) is 2.71. The first-order valence-electron chi connectivity index (χ1n) is 8.55.